The van der Waals surface area contributed by atoms with E-state index in [0.717, 1.165) is 66.8 Å². The van der Waals surface area contributed by atoms with Gasteiger partial charge in [-0.2, -0.15) is 0 Å². The van der Waals surface area contributed by atoms with E-state index in [1.165, 1.54) is 16.7 Å². The van der Waals surface area contributed by atoms with Gasteiger partial charge in [-0.15, -0.1) is 0 Å². The number of hydrogen-bond donors (Lipinski definition) is 0. The Balaban J connectivity index is 0.903. The number of nitrogens with zero attached hydrogens (tertiary/aromatic N) is 3. The molecule has 0 radical (unpaired) electrons. The SMILES string of the molecule is c1ccc(-c2cccc(-c3nc(-c4cccc(-c5ccccc5)c4)nc(-c4cccc(-c5ccc6c(c5)Oc5c(ccc7c5-c5ccccc5C7(c5ccccc5)c5ccccc5)O6)c4)n3)c2)cc1. The number of rotatable bonds is 8. The van der Waals surface area contributed by atoms with Crippen molar-refractivity contribution in [3.63, 3.8) is 0 Å². The van der Waals surface area contributed by atoms with Crippen molar-refractivity contribution in [2.24, 2.45) is 0 Å². The number of benzene rings is 10. The number of fused-ring (bicyclic) bond motifs is 6. The molecule has 13 rings (SSSR count). The highest BCUT2D eigenvalue weighted by atomic mass is 16.6. The predicted octanol–water partition coefficient (Wildman–Crippen LogP) is 16.1. The van der Waals surface area contributed by atoms with Gasteiger partial charge in [-0.3, -0.25) is 0 Å². The molecule has 0 N–H and O–H groups in total. The summed E-state index contributed by atoms with van der Waals surface area (Å²) in [6.07, 6.45) is 0. The molecular weight excluding hydrogens is 843 g/mol. The lowest BCUT2D eigenvalue weighted by Gasteiger charge is -2.34. The highest BCUT2D eigenvalue weighted by molar-refractivity contribution is 5.92. The first-order valence-corrected chi connectivity index (χ1v) is 23.2. The van der Waals surface area contributed by atoms with E-state index in [2.05, 4.69) is 231 Å². The molecule has 2 aliphatic rings. The van der Waals surface area contributed by atoms with Gasteiger partial charge in [-0.25, -0.2) is 15.0 Å². The van der Waals surface area contributed by atoms with E-state index in [4.69, 9.17) is 24.4 Å². The summed E-state index contributed by atoms with van der Waals surface area (Å²) in [4.78, 5) is 15.5. The molecule has 324 valence electrons. The largest absolute Gasteiger partial charge is 0.449 e. The van der Waals surface area contributed by atoms with Crippen molar-refractivity contribution in [2.75, 3.05) is 0 Å². The van der Waals surface area contributed by atoms with Gasteiger partial charge in [0, 0.05) is 22.3 Å². The highest BCUT2D eigenvalue weighted by Gasteiger charge is 2.48. The van der Waals surface area contributed by atoms with Crippen molar-refractivity contribution in [3.8, 4) is 102 Å². The van der Waals surface area contributed by atoms with Gasteiger partial charge in [0.25, 0.3) is 0 Å². The van der Waals surface area contributed by atoms with Crippen LogP contribution >= 0.6 is 0 Å². The maximum absolute atomic E-state index is 7.07. The zero-order valence-corrected chi connectivity index (χ0v) is 37.3. The Kier molecular flexibility index (Phi) is 9.65. The van der Waals surface area contributed by atoms with Gasteiger partial charge < -0.3 is 9.47 Å². The van der Waals surface area contributed by atoms with Crippen molar-refractivity contribution in [1.82, 2.24) is 15.0 Å². The van der Waals surface area contributed by atoms with Crippen LogP contribution in [0.2, 0.25) is 0 Å². The van der Waals surface area contributed by atoms with E-state index in [0.29, 0.717) is 40.5 Å². The molecule has 0 amide bonds. The summed E-state index contributed by atoms with van der Waals surface area (Å²) in [6.45, 7) is 0. The summed E-state index contributed by atoms with van der Waals surface area (Å²) in [6, 6.07) is 86.7. The summed E-state index contributed by atoms with van der Waals surface area (Å²) < 4.78 is 13.8. The van der Waals surface area contributed by atoms with Crippen LogP contribution in [-0.4, -0.2) is 15.0 Å². The Hall–Kier alpha value is -9.19. The van der Waals surface area contributed by atoms with E-state index >= 15 is 0 Å². The second-order valence-corrected chi connectivity index (χ2v) is 17.5. The standard InChI is InChI=1S/C64H41N3O2/c1-5-18-42(19-6-1)44-22-15-25-48(38-44)61-65-62(49-26-16-23-45(39-49)43-20-7-2-8-21-43)67-63(66-61)50-27-17-24-46(40-50)47-34-36-56-58(41-47)69-60-57(68-56)37-35-55-59(60)53-32-13-14-33-54(53)64(55,51-28-9-3-10-29-51)52-30-11-4-12-31-52/h1-41H. The molecular formula is C64H41N3O2. The summed E-state index contributed by atoms with van der Waals surface area (Å²) >= 11 is 0. The third kappa shape index (κ3) is 6.90. The lowest BCUT2D eigenvalue weighted by molar-refractivity contribution is 0.360. The molecule has 1 aliphatic carbocycles. The third-order valence-electron chi connectivity index (χ3n) is 13.5. The second-order valence-electron chi connectivity index (χ2n) is 17.5. The minimum atomic E-state index is -0.556. The lowest BCUT2D eigenvalue weighted by atomic mass is 9.68. The maximum Gasteiger partial charge on any atom is 0.178 e. The van der Waals surface area contributed by atoms with Crippen LogP contribution in [0.25, 0.3) is 78.7 Å². The first-order chi connectivity index (χ1) is 34.2. The average Bonchev–Trinajstić information content (AvgIpc) is 3.75. The second kappa shape index (κ2) is 16.6. The van der Waals surface area contributed by atoms with Gasteiger partial charge >= 0.3 is 0 Å². The van der Waals surface area contributed by atoms with Gasteiger partial charge in [-0.05, 0) is 97.6 Å². The molecule has 1 aromatic heterocycles. The fraction of sp³-hybridized carbons (Fsp3) is 0.0156. The van der Waals surface area contributed by atoms with Gasteiger partial charge in [0.15, 0.2) is 40.5 Å². The maximum atomic E-state index is 7.07. The van der Waals surface area contributed by atoms with Crippen molar-refractivity contribution >= 4 is 0 Å². The molecule has 1 aliphatic heterocycles. The predicted molar refractivity (Wildman–Crippen MR) is 276 cm³/mol. The Morgan fingerprint density at radius 1 is 0.275 bits per heavy atom. The van der Waals surface area contributed by atoms with Crippen molar-refractivity contribution < 1.29 is 9.47 Å². The molecule has 0 spiro atoms. The molecule has 2 heterocycles. The lowest BCUT2D eigenvalue weighted by Crippen LogP contribution is -2.28. The highest BCUT2D eigenvalue weighted by Crippen LogP contribution is 2.62. The van der Waals surface area contributed by atoms with Gasteiger partial charge in [0.2, 0.25) is 0 Å². The van der Waals surface area contributed by atoms with Crippen LogP contribution in [0.4, 0.5) is 0 Å². The normalized spacial score (nSPS) is 12.7. The molecule has 69 heavy (non-hydrogen) atoms. The summed E-state index contributed by atoms with van der Waals surface area (Å²) in [5.41, 5.74) is 15.4. The quantitative estimate of drug-likeness (QED) is 0.152. The number of ether oxygens (including phenoxy) is 2. The molecule has 0 unspecified atom stereocenters. The molecule has 0 saturated carbocycles. The minimum Gasteiger partial charge on any atom is -0.449 e. The first-order valence-electron chi connectivity index (χ1n) is 23.2. The summed E-state index contributed by atoms with van der Waals surface area (Å²) in [7, 11) is 0. The zero-order valence-electron chi connectivity index (χ0n) is 37.3. The van der Waals surface area contributed by atoms with Crippen molar-refractivity contribution in [3.05, 3.63) is 271 Å². The van der Waals surface area contributed by atoms with Crippen LogP contribution in [0.1, 0.15) is 22.3 Å². The Morgan fingerprint density at radius 2 is 0.696 bits per heavy atom. The van der Waals surface area contributed by atoms with Crippen LogP contribution in [0, 0.1) is 0 Å². The van der Waals surface area contributed by atoms with Crippen LogP contribution in [0.15, 0.2) is 249 Å². The average molecular weight is 884 g/mol. The summed E-state index contributed by atoms with van der Waals surface area (Å²) in [5.74, 6) is 4.48. The van der Waals surface area contributed by atoms with Crippen LogP contribution in [0.3, 0.4) is 0 Å². The fourth-order valence-corrected chi connectivity index (χ4v) is 10.3. The topological polar surface area (TPSA) is 57.1 Å². The molecule has 5 nitrogen and oxygen atoms in total. The fourth-order valence-electron chi connectivity index (χ4n) is 10.3. The van der Waals surface area contributed by atoms with E-state index in [-0.39, 0.29) is 0 Å². The Morgan fingerprint density at radius 3 is 1.23 bits per heavy atom. The number of hydrogen-bond acceptors (Lipinski definition) is 5. The molecule has 0 bridgehead atoms. The number of aromatic nitrogens is 3. The third-order valence-corrected chi connectivity index (χ3v) is 13.5. The summed E-state index contributed by atoms with van der Waals surface area (Å²) in [5, 5.41) is 0. The van der Waals surface area contributed by atoms with Crippen LogP contribution in [0.5, 0.6) is 23.0 Å². The minimum absolute atomic E-state index is 0.556. The monoisotopic (exact) mass is 883 g/mol. The smallest absolute Gasteiger partial charge is 0.178 e. The molecule has 0 saturated heterocycles. The van der Waals surface area contributed by atoms with Gasteiger partial charge in [-0.1, -0.05) is 212 Å². The molecule has 5 heteroatoms. The molecule has 11 aromatic rings. The van der Waals surface area contributed by atoms with E-state index < -0.39 is 5.41 Å². The van der Waals surface area contributed by atoms with Crippen molar-refractivity contribution in [2.45, 2.75) is 5.41 Å². The Labute approximate surface area is 400 Å². The molecule has 0 fully saturated rings. The molecule has 10 aromatic carbocycles. The van der Waals surface area contributed by atoms with E-state index in [9.17, 15) is 0 Å². The van der Waals surface area contributed by atoms with Crippen molar-refractivity contribution in [1.29, 1.82) is 0 Å². The van der Waals surface area contributed by atoms with E-state index in [1.54, 1.807) is 0 Å². The van der Waals surface area contributed by atoms with Gasteiger partial charge in [0.05, 0.1) is 5.41 Å². The Bertz CT molecular complexity index is 3580. The first kappa shape index (κ1) is 40.1. The van der Waals surface area contributed by atoms with Crippen LogP contribution in [-0.2, 0) is 5.41 Å². The van der Waals surface area contributed by atoms with Crippen LogP contribution < -0.4 is 9.47 Å². The zero-order chi connectivity index (χ0) is 45.7. The van der Waals surface area contributed by atoms with Gasteiger partial charge in [0.1, 0.15) is 0 Å². The molecule has 0 atom stereocenters. The van der Waals surface area contributed by atoms with E-state index in [1.807, 2.05) is 18.2 Å².